The highest BCUT2D eigenvalue weighted by Crippen LogP contribution is 2.15. The van der Waals surface area contributed by atoms with E-state index in [0.717, 1.165) is 6.54 Å². The monoisotopic (exact) mass is 348 g/mol. The Morgan fingerprint density at radius 2 is 1.61 bits per heavy atom. The van der Waals surface area contributed by atoms with Crippen LogP contribution in [0.3, 0.4) is 0 Å². The zero-order valence-electron chi connectivity index (χ0n) is 13.1. The first-order valence-corrected chi connectivity index (χ1v) is 9.43. The molecule has 1 atom stereocenters. The number of carbonyl (C=O) groups excluding carboxylic acids is 1. The van der Waals surface area contributed by atoms with Gasteiger partial charge < -0.3 is 19.7 Å². The third-order valence-corrected chi connectivity index (χ3v) is 6.41. The highest BCUT2D eigenvalue weighted by molar-refractivity contribution is 7.86. The zero-order chi connectivity index (χ0) is 16.3. The molecule has 0 aromatic heterocycles. The molecule has 0 aliphatic carbocycles. The molecule has 3 saturated heterocycles. The smallest absolute Gasteiger partial charge is 0.282 e. The van der Waals surface area contributed by atoms with Gasteiger partial charge in [-0.2, -0.15) is 17.0 Å². The van der Waals surface area contributed by atoms with E-state index in [1.807, 2.05) is 0 Å². The van der Waals surface area contributed by atoms with Crippen LogP contribution in [0.25, 0.3) is 0 Å². The Bertz CT molecular complexity index is 508. The van der Waals surface area contributed by atoms with Crippen molar-refractivity contribution in [3.63, 3.8) is 0 Å². The normalized spacial score (nSPS) is 28.7. The summed E-state index contributed by atoms with van der Waals surface area (Å²) in [4.78, 5) is 14.1. The van der Waals surface area contributed by atoms with Crippen molar-refractivity contribution >= 4 is 16.1 Å². The topological polar surface area (TPSA) is 91.4 Å². The van der Waals surface area contributed by atoms with Crippen molar-refractivity contribution in [3.8, 4) is 0 Å². The van der Waals surface area contributed by atoms with E-state index in [1.165, 1.54) is 8.61 Å². The Labute approximate surface area is 136 Å². The summed E-state index contributed by atoms with van der Waals surface area (Å²) in [6, 6.07) is 0. The van der Waals surface area contributed by atoms with E-state index in [2.05, 4.69) is 5.32 Å². The third-order valence-electron chi connectivity index (χ3n) is 4.38. The highest BCUT2D eigenvalue weighted by atomic mass is 32.2. The molecule has 3 heterocycles. The van der Waals surface area contributed by atoms with Crippen molar-refractivity contribution in [1.29, 1.82) is 0 Å². The van der Waals surface area contributed by atoms with E-state index < -0.39 is 16.3 Å². The Balaban J connectivity index is 1.54. The van der Waals surface area contributed by atoms with Crippen LogP contribution in [0.1, 0.15) is 0 Å². The fraction of sp³-hybridized carbons (Fsp3) is 0.923. The molecule has 3 aliphatic rings. The second-order valence-corrected chi connectivity index (χ2v) is 7.74. The number of piperazine rings is 1. The lowest BCUT2D eigenvalue weighted by molar-refractivity contribution is -0.146. The molecule has 9 nitrogen and oxygen atoms in total. The predicted octanol–water partition coefficient (Wildman–Crippen LogP) is -2.30. The lowest BCUT2D eigenvalue weighted by Gasteiger charge is -2.38. The van der Waals surface area contributed by atoms with Gasteiger partial charge in [-0.1, -0.05) is 0 Å². The Morgan fingerprint density at radius 1 is 0.957 bits per heavy atom. The van der Waals surface area contributed by atoms with E-state index in [0.29, 0.717) is 65.6 Å². The van der Waals surface area contributed by atoms with Crippen LogP contribution in [0, 0.1) is 0 Å². The molecular weight excluding hydrogens is 324 g/mol. The van der Waals surface area contributed by atoms with Gasteiger partial charge in [0, 0.05) is 52.4 Å². The van der Waals surface area contributed by atoms with E-state index in [1.54, 1.807) is 4.90 Å². The average Bonchev–Trinajstić information content (AvgIpc) is 2.63. The molecule has 3 fully saturated rings. The van der Waals surface area contributed by atoms with Crippen LogP contribution >= 0.6 is 0 Å². The molecule has 3 rings (SSSR count). The molecule has 0 radical (unpaired) electrons. The quantitative estimate of drug-likeness (QED) is 0.617. The molecule has 1 N–H and O–H groups in total. The van der Waals surface area contributed by atoms with Crippen LogP contribution in [0.5, 0.6) is 0 Å². The summed E-state index contributed by atoms with van der Waals surface area (Å²) >= 11 is 0. The molecule has 10 heteroatoms. The Kier molecular flexibility index (Phi) is 5.49. The molecule has 0 aromatic carbocycles. The van der Waals surface area contributed by atoms with Crippen molar-refractivity contribution in [2.24, 2.45) is 0 Å². The van der Waals surface area contributed by atoms with Crippen molar-refractivity contribution in [1.82, 2.24) is 18.8 Å². The minimum atomic E-state index is -3.45. The number of morpholine rings is 2. The standard InChI is InChI=1S/C13H24N4O5S/c18-13(12-11-14-1-8-22-12)15-2-4-16(5-3-15)23(19,20)17-6-9-21-10-7-17/h12,14H,1-11H2. The van der Waals surface area contributed by atoms with E-state index >= 15 is 0 Å². The number of hydrogen-bond donors (Lipinski definition) is 1. The highest BCUT2D eigenvalue weighted by Gasteiger charge is 2.35. The van der Waals surface area contributed by atoms with Crippen LogP contribution in [0.2, 0.25) is 0 Å². The van der Waals surface area contributed by atoms with Gasteiger partial charge in [0.25, 0.3) is 16.1 Å². The fourth-order valence-electron chi connectivity index (χ4n) is 3.01. The van der Waals surface area contributed by atoms with Crippen molar-refractivity contribution in [2.45, 2.75) is 6.10 Å². The largest absolute Gasteiger partial charge is 0.379 e. The maximum Gasteiger partial charge on any atom is 0.282 e. The van der Waals surface area contributed by atoms with Gasteiger partial charge in [0.05, 0.1) is 19.8 Å². The molecule has 3 aliphatic heterocycles. The van der Waals surface area contributed by atoms with Gasteiger partial charge in [-0.15, -0.1) is 0 Å². The summed E-state index contributed by atoms with van der Waals surface area (Å²) in [5, 5.41) is 3.13. The van der Waals surface area contributed by atoms with Gasteiger partial charge in [-0.3, -0.25) is 4.79 Å². The van der Waals surface area contributed by atoms with E-state index in [9.17, 15) is 13.2 Å². The predicted molar refractivity (Wildman–Crippen MR) is 82.1 cm³/mol. The van der Waals surface area contributed by atoms with E-state index in [4.69, 9.17) is 9.47 Å². The molecular formula is C13H24N4O5S. The summed E-state index contributed by atoms with van der Waals surface area (Å²) < 4.78 is 38.7. The van der Waals surface area contributed by atoms with E-state index in [-0.39, 0.29) is 5.91 Å². The number of amides is 1. The molecule has 0 aromatic rings. The molecule has 0 spiro atoms. The maximum atomic E-state index is 12.6. The number of hydrogen-bond acceptors (Lipinski definition) is 6. The number of carbonyl (C=O) groups is 1. The molecule has 23 heavy (non-hydrogen) atoms. The lowest BCUT2D eigenvalue weighted by Crippen LogP contribution is -2.58. The van der Waals surface area contributed by atoms with Gasteiger partial charge in [-0.05, 0) is 0 Å². The van der Waals surface area contributed by atoms with Crippen LogP contribution in [-0.4, -0.2) is 106 Å². The zero-order valence-corrected chi connectivity index (χ0v) is 14.0. The van der Waals surface area contributed by atoms with Crippen LogP contribution in [0.4, 0.5) is 0 Å². The summed E-state index contributed by atoms with van der Waals surface area (Å²) in [5.41, 5.74) is 0. The van der Waals surface area contributed by atoms with Gasteiger partial charge in [-0.25, -0.2) is 0 Å². The Morgan fingerprint density at radius 3 is 2.22 bits per heavy atom. The minimum Gasteiger partial charge on any atom is -0.379 e. The molecule has 0 bridgehead atoms. The summed E-state index contributed by atoms with van der Waals surface area (Å²) in [7, 11) is -3.45. The lowest BCUT2D eigenvalue weighted by atomic mass is 10.2. The second-order valence-electron chi connectivity index (χ2n) is 5.81. The number of rotatable bonds is 3. The van der Waals surface area contributed by atoms with Gasteiger partial charge >= 0.3 is 0 Å². The maximum absolute atomic E-state index is 12.6. The van der Waals surface area contributed by atoms with Crippen LogP contribution in [-0.2, 0) is 24.5 Å². The minimum absolute atomic E-state index is 0.0550. The third kappa shape index (κ3) is 3.83. The van der Waals surface area contributed by atoms with Gasteiger partial charge in [0.15, 0.2) is 0 Å². The van der Waals surface area contributed by atoms with Crippen molar-refractivity contribution in [2.75, 3.05) is 72.2 Å². The first kappa shape index (κ1) is 17.1. The van der Waals surface area contributed by atoms with Crippen molar-refractivity contribution in [3.05, 3.63) is 0 Å². The SMILES string of the molecule is O=C(C1CNCCO1)N1CCN(S(=O)(=O)N2CCOCC2)CC1. The molecule has 1 unspecified atom stereocenters. The number of nitrogens with zero attached hydrogens (tertiary/aromatic N) is 3. The van der Waals surface area contributed by atoms with Crippen LogP contribution < -0.4 is 5.32 Å². The second kappa shape index (κ2) is 7.41. The fourth-order valence-corrected chi connectivity index (χ4v) is 4.57. The Hall–Kier alpha value is -0.780. The first-order valence-electron chi connectivity index (χ1n) is 8.03. The summed E-state index contributed by atoms with van der Waals surface area (Å²) in [5.74, 6) is -0.0550. The number of ether oxygens (including phenoxy) is 2. The first-order chi connectivity index (χ1) is 11.1. The average molecular weight is 348 g/mol. The number of nitrogens with one attached hydrogen (secondary N) is 1. The van der Waals surface area contributed by atoms with Crippen LogP contribution in [0.15, 0.2) is 0 Å². The summed E-state index contributed by atoms with van der Waals surface area (Å²) in [6.45, 7) is 4.92. The van der Waals surface area contributed by atoms with Crippen molar-refractivity contribution < 1.29 is 22.7 Å². The molecule has 0 saturated carbocycles. The molecule has 132 valence electrons. The summed E-state index contributed by atoms with van der Waals surface area (Å²) in [6.07, 6.45) is -0.453. The molecule has 1 amide bonds. The van der Waals surface area contributed by atoms with Gasteiger partial charge in [0.1, 0.15) is 6.10 Å². The van der Waals surface area contributed by atoms with Gasteiger partial charge in [0.2, 0.25) is 0 Å².